The van der Waals surface area contributed by atoms with Crippen molar-refractivity contribution in [3.05, 3.63) is 52.5 Å². The molecule has 2 aromatic rings. The molecule has 0 amide bonds. The first-order valence-corrected chi connectivity index (χ1v) is 10.2. The van der Waals surface area contributed by atoms with E-state index in [4.69, 9.17) is 4.42 Å². The van der Waals surface area contributed by atoms with Crippen molar-refractivity contribution in [2.45, 2.75) is 6.54 Å². The first-order chi connectivity index (χ1) is 13.3. The lowest BCUT2D eigenvalue weighted by Gasteiger charge is -2.36. The van der Waals surface area contributed by atoms with Crippen LogP contribution in [0.4, 0.5) is 17.1 Å². The molecule has 1 fully saturated rings. The highest BCUT2D eigenvalue weighted by atomic mass is 32.2. The third-order valence-electron chi connectivity index (χ3n) is 4.60. The van der Waals surface area contributed by atoms with E-state index >= 15 is 0 Å². The predicted octanol–water partition coefficient (Wildman–Crippen LogP) is 1.73. The second-order valence-corrected chi connectivity index (χ2v) is 8.71. The van der Waals surface area contributed by atoms with Gasteiger partial charge in [-0.1, -0.05) is 0 Å². The van der Waals surface area contributed by atoms with Gasteiger partial charge in [-0.25, -0.2) is 0 Å². The third kappa shape index (κ3) is 4.26. The van der Waals surface area contributed by atoms with Crippen molar-refractivity contribution in [2.75, 3.05) is 50.5 Å². The normalized spacial score (nSPS) is 15.8. The average Bonchev–Trinajstić information content (AvgIpc) is 3.19. The zero-order valence-corrected chi connectivity index (χ0v) is 16.6. The molecule has 1 aromatic carbocycles. The molecular formula is C17H23N5O5S. The Morgan fingerprint density at radius 2 is 1.93 bits per heavy atom. The van der Waals surface area contributed by atoms with Gasteiger partial charge in [0, 0.05) is 52.0 Å². The van der Waals surface area contributed by atoms with Crippen LogP contribution in [-0.2, 0) is 16.8 Å². The molecule has 0 unspecified atom stereocenters. The van der Waals surface area contributed by atoms with Gasteiger partial charge in [-0.2, -0.15) is 17.0 Å². The van der Waals surface area contributed by atoms with Gasteiger partial charge in [-0.05, 0) is 24.3 Å². The summed E-state index contributed by atoms with van der Waals surface area (Å²) in [4.78, 5) is 12.9. The molecule has 1 aliphatic heterocycles. The summed E-state index contributed by atoms with van der Waals surface area (Å²) in [5, 5.41) is 14.4. The second-order valence-electron chi connectivity index (χ2n) is 6.57. The number of hydrogen-bond acceptors (Lipinski definition) is 7. The Hall–Kier alpha value is -2.63. The van der Waals surface area contributed by atoms with E-state index in [-0.39, 0.29) is 5.69 Å². The number of anilines is 2. The van der Waals surface area contributed by atoms with Gasteiger partial charge in [0.2, 0.25) is 0 Å². The minimum Gasteiger partial charge on any atom is -0.467 e. The summed E-state index contributed by atoms with van der Waals surface area (Å²) < 4.78 is 32.4. The highest BCUT2D eigenvalue weighted by Crippen LogP contribution is 2.30. The van der Waals surface area contributed by atoms with E-state index < -0.39 is 15.1 Å². The molecule has 0 bridgehead atoms. The second kappa shape index (κ2) is 8.17. The minimum atomic E-state index is -3.44. The Kier molecular flexibility index (Phi) is 5.87. The summed E-state index contributed by atoms with van der Waals surface area (Å²) in [5.41, 5.74) is 1.17. The van der Waals surface area contributed by atoms with Gasteiger partial charge in [0.05, 0.1) is 17.7 Å². The van der Waals surface area contributed by atoms with Crippen LogP contribution in [0.5, 0.6) is 0 Å². The summed E-state index contributed by atoms with van der Waals surface area (Å²) in [6.45, 7) is 2.04. The molecule has 1 saturated heterocycles. The zero-order valence-electron chi connectivity index (χ0n) is 15.7. The number of nitrogens with zero attached hydrogens (tertiary/aromatic N) is 4. The molecule has 0 spiro atoms. The van der Waals surface area contributed by atoms with Gasteiger partial charge in [0.1, 0.15) is 11.4 Å². The molecule has 1 aliphatic rings. The summed E-state index contributed by atoms with van der Waals surface area (Å²) in [7, 11) is -0.420. The molecular weight excluding hydrogens is 386 g/mol. The molecule has 2 heterocycles. The molecule has 1 aromatic heterocycles. The summed E-state index contributed by atoms with van der Waals surface area (Å²) in [5.74, 6) is 0.669. The maximum Gasteiger partial charge on any atom is 0.292 e. The van der Waals surface area contributed by atoms with E-state index in [1.807, 2.05) is 4.90 Å². The van der Waals surface area contributed by atoms with E-state index in [0.717, 1.165) is 5.69 Å². The molecule has 0 atom stereocenters. The van der Waals surface area contributed by atoms with Crippen LogP contribution in [0.1, 0.15) is 5.76 Å². The predicted molar refractivity (Wildman–Crippen MR) is 106 cm³/mol. The van der Waals surface area contributed by atoms with Crippen LogP contribution in [0.2, 0.25) is 0 Å². The van der Waals surface area contributed by atoms with Gasteiger partial charge in [-0.15, -0.1) is 0 Å². The first-order valence-electron chi connectivity index (χ1n) is 8.76. The van der Waals surface area contributed by atoms with Gasteiger partial charge in [0.15, 0.2) is 0 Å². The number of benzene rings is 1. The van der Waals surface area contributed by atoms with Gasteiger partial charge < -0.3 is 14.6 Å². The lowest BCUT2D eigenvalue weighted by molar-refractivity contribution is -0.384. The maximum atomic E-state index is 12.2. The van der Waals surface area contributed by atoms with Crippen molar-refractivity contribution in [3.8, 4) is 0 Å². The molecule has 152 valence electrons. The molecule has 0 saturated carbocycles. The van der Waals surface area contributed by atoms with Gasteiger partial charge in [0.25, 0.3) is 15.9 Å². The fourth-order valence-electron chi connectivity index (χ4n) is 3.02. The van der Waals surface area contributed by atoms with E-state index in [1.54, 1.807) is 30.5 Å². The van der Waals surface area contributed by atoms with Crippen molar-refractivity contribution in [1.29, 1.82) is 0 Å². The lowest BCUT2D eigenvalue weighted by Crippen LogP contribution is -2.51. The zero-order chi connectivity index (χ0) is 20.3. The third-order valence-corrected chi connectivity index (χ3v) is 6.54. The Labute approximate surface area is 163 Å². The van der Waals surface area contributed by atoms with Crippen LogP contribution in [0.15, 0.2) is 41.0 Å². The Bertz CT molecular complexity index is 921. The number of furan rings is 1. The molecule has 28 heavy (non-hydrogen) atoms. The summed E-state index contributed by atoms with van der Waals surface area (Å²) in [6.07, 6.45) is 1.54. The number of nitro groups is 1. The number of nitrogens with one attached hydrogen (secondary N) is 1. The summed E-state index contributed by atoms with van der Waals surface area (Å²) >= 11 is 0. The van der Waals surface area contributed by atoms with E-state index in [2.05, 4.69) is 5.32 Å². The van der Waals surface area contributed by atoms with Crippen molar-refractivity contribution in [2.24, 2.45) is 0 Å². The fourth-order valence-corrected chi connectivity index (χ4v) is 4.11. The highest BCUT2D eigenvalue weighted by Gasteiger charge is 2.29. The Balaban J connectivity index is 1.74. The average molecular weight is 409 g/mol. The Morgan fingerprint density at radius 3 is 2.50 bits per heavy atom. The van der Waals surface area contributed by atoms with Crippen molar-refractivity contribution in [1.82, 2.24) is 8.61 Å². The van der Waals surface area contributed by atoms with Gasteiger partial charge in [-0.3, -0.25) is 10.1 Å². The van der Waals surface area contributed by atoms with Crippen LogP contribution in [-0.4, -0.2) is 62.2 Å². The molecule has 11 heteroatoms. The monoisotopic (exact) mass is 409 g/mol. The van der Waals surface area contributed by atoms with Crippen LogP contribution in [0.25, 0.3) is 0 Å². The topological polar surface area (TPSA) is 112 Å². The Morgan fingerprint density at radius 1 is 1.21 bits per heavy atom. The molecule has 0 aliphatic carbocycles. The van der Waals surface area contributed by atoms with E-state index in [0.29, 0.717) is 44.2 Å². The van der Waals surface area contributed by atoms with Crippen LogP contribution in [0.3, 0.4) is 0 Å². The van der Waals surface area contributed by atoms with E-state index in [9.17, 15) is 18.5 Å². The quantitative estimate of drug-likeness (QED) is 0.547. The van der Waals surface area contributed by atoms with Gasteiger partial charge >= 0.3 is 0 Å². The number of rotatable bonds is 7. The van der Waals surface area contributed by atoms with Crippen molar-refractivity contribution < 1.29 is 17.8 Å². The number of nitro benzene ring substituents is 1. The van der Waals surface area contributed by atoms with Crippen LogP contribution in [0, 0.1) is 10.1 Å². The van der Waals surface area contributed by atoms with Crippen molar-refractivity contribution >= 4 is 27.3 Å². The number of piperazine rings is 1. The molecule has 3 rings (SSSR count). The highest BCUT2D eigenvalue weighted by molar-refractivity contribution is 7.86. The molecule has 1 N–H and O–H groups in total. The van der Waals surface area contributed by atoms with Crippen molar-refractivity contribution in [3.63, 3.8) is 0 Å². The molecule has 0 radical (unpaired) electrons. The largest absolute Gasteiger partial charge is 0.467 e. The van der Waals surface area contributed by atoms with Crippen LogP contribution < -0.4 is 10.2 Å². The molecule has 10 nitrogen and oxygen atoms in total. The SMILES string of the molecule is CN(C)S(=O)(=O)N1CCN(c2ccc([N+](=O)[O-])c(NCc3ccco3)c2)CC1. The lowest BCUT2D eigenvalue weighted by atomic mass is 10.2. The summed E-state index contributed by atoms with van der Waals surface area (Å²) in [6, 6.07) is 8.41. The maximum absolute atomic E-state index is 12.2. The van der Waals surface area contributed by atoms with Crippen LogP contribution >= 0.6 is 0 Å². The number of hydrogen-bond donors (Lipinski definition) is 1. The standard InChI is InChI=1S/C17H23N5O5S/c1-19(2)28(25,26)21-9-7-20(8-10-21)14-5-6-17(22(23)24)16(12-14)18-13-15-4-3-11-27-15/h3-6,11-12,18H,7-10,13H2,1-2H3. The first kappa shape index (κ1) is 20.1. The fraction of sp³-hybridized carbons (Fsp3) is 0.412. The minimum absolute atomic E-state index is 0.0240. The van der Waals surface area contributed by atoms with E-state index in [1.165, 1.54) is 28.8 Å². The smallest absolute Gasteiger partial charge is 0.292 e.